The summed E-state index contributed by atoms with van der Waals surface area (Å²) in [6, 6.07) is 4.07. The molecule has 31 heavy (non-hydrogen) atoms. The number of nitrogens with zero attached hydrogens (tertiary/aromatic N) is 1. The first kappa shape index (κ1) is 21.8. The monoisotopic (exact) mass is 432 g/mol. The fraction of sp³-hybridized carbons (Fsp3) is 0.571. The third-order valence-corrected chi connectivity index (χ3v) is 5.95. The van der Waals surface area contributed by atoms with Gasteiger partial charge in [0.1, 0.15) is 6.54 Å². The highest BCUT2D eigenvalue weighted by molar-refractivity contribution is 6.02. The molecule has 4 rings (SSSR count). The maximum absolute atomic E-state index is 13.4. The van der Waals surface area contributed by atoms with Gasteiger partial charge in [0.15, 0.2) is 6.04 Å². The summed E-state index contributed by atoms with van der Waals surface area (Å²) in [5.41, 5.74) is 1.67. The highest BCUT2D eigenvalue weighted by atomic mass is 16.6. The zero-order valence-electron chi connectivity index (χ0n) is 17.4. The first-order valence-corrected chi connectivity index (χ1v) is 10.7. The predicted octanol–water partition coefficient (Wildman–Crippen LogP) is 0.267. The number of piperidine rings is 1. The van der Waals surface area contributed by atoms with E-state index in [1.807, 2.05) is 6.07 Å². The SMILES string of the molecule is O=C1CCC([N+]2([O-])Cc3c(NCCCOC[C@@H]4CNCCO4)cccc3C2=O)C(=O)N1. The first-order chi connectivity index (χ1) is 15.0. The van der Waals surface area contributed by atoms with Gasteiger partial charge in [0.05, 0.1) is 24.9 Å². The third-order valence-electron chi connectivity index (χ3n) is 5.95. The predicted molar refractivity (Wildman–Crippen MR) is 111 cm³/mol. The topological polar surface area (TPSA) is 129 Å². The molecular formula is C21H28N4O6. The second kappa shape index (κ2) is 9.41. The number of carbonyl (C=O) groups excluding carboxylic acids is 3. The normalized spacial score (nSPS) is 28.4. The van der Waals surface area contributed by atoms with Gasteiger partial charge in [0.25, 0.3) is 5.91 Å². The Morgan fingerprint density at radius 2 is 2.16 bits per heavy atom. The number of nitrogens with one attached hydrogen (secondary N) is 3. The molecule has 0 spiro atoms. The van der Waals surface area contributed by atoms with Crippen molar-refractivity contribution >= 4 is 23.4 Å². The van der Waals surface area contributed by atoms with Gasteiger partial charge in [0, 0.05) is 50.3 Å². The van der Waals surface area contributed by atoms with Crippen LogP contribution in [0, 0.1) is 5.21 Å². The van der Waals surface area contributed by atoms with Crippen LogP contribution in [0.25, 0.3) is 0 Å². The average molecular weight is 432 g/mol. The number of hydrogen-bond donors (Lipinski definition) is 3. The van der Waals surface area contributed by atoms with Crippen LogP contribution in [0.1, 0.15) is 35.2 Å². The van der Waals surface area contributed by atoms with Gasteiger partial charge in [-0.05, 0) is 18.6 Å². The van der Waals surface area contributed by atoms with Crippen molar-refractivity contribution in [2.24, 2.45) is 0 Å². The highest BCUT2D eigenvalue weighted by Gasteiger charge is 2.50. The zero-order valence-corrected chi connectivity index (χ0v) is 17.4. The summed E-state index contributed by atoms with van der Waals surface area (Å²) in [6.45, 7) is 3.98. The van der Waals surface area contributed by atoms with Gasteiger partial charge < -0.3 is 25.3 Å². The molecular weight excluding hydrogens is 404 g/mol. The van der Waals surface area contributed by atoms with Crippen LogP contribution >= 0.6 is 0 Å². The number of carbonyl (C=O) groups is 3. The molecule has 3 aliphatic rings. The fourth-order valence-electron chi connectivity index (χ4n) is 4.30. The lowest BCUT2D eigenvalue weighted by Gasteiger charge is -2.42. The van der Waals surface area contributed by atoms with E-state index in [0.717, 1.165) is 19.5 Å². The minimum Gasteiger partial charge on any atom is -0.624 e. The molecule has 2 unspecified atom stereocenters. The van der Waals surface area contributed by atoms with Crippen LogP contribution in [-0.2, 0) is 25.6 Å². The summed E-state index contributed by atoms with van der Waals surface area (Å²) in [4.78, 5) is 36.5. The number of ether oxygens (including phenoxy) is 2. The van der Waals surface area contributed by atoms with E-state index < -0.39 is 28.4 Å². The third kappa shape index (κ3) is 4.63. The lowest BCUT2D eigenvalue weighted by Crippen LogP contribution is -2.60. The Bertz CT molecular complexity index is 856. The van der Waals surface area contributed by atoms with Crippen molar-refractivity contribution < 1.29 is 28.5 Å². The molecule has 3 heterocycles. The molecule has 0 aliphatic carbocycles. The summed E-state index contributed by atoms with van der Waals surface area (Å²) in [7, 11) is 0. The van der Waals surface area contributed by atoms with Crippen molar-refractivity contribution in [3.8, 4) is 0 Å². The largest absolute Gasteiger partial charge is 0.624 e. The van der Waals surface area contributed by atoms with Crippen molar-refractivity contribution in [2.45, 2.75) is 38.0 Å². The zero-order chi connectivity index (χ0) is 21.8. The molecule has 1 aromatic carbocycles. The van der Waals surface area contributed by atoms with Gasteiger partial charge in [-0.3, -0.25) is 19.6 Å². The maximum atomic E-state index is 13.4. The molecule has 0 aromatic heterocycles. The molecule has 3 N–H and O–H groups in total. The number of quaternary nitrogens is 1. The lowest BCUT2D eigenvalue weighted by atomic mass is 10.0. The molecule has 168 valence electrons. The standard InChI is InChI=1S/C21H28N4O6/c26-19-6-5-18(20(27)24-19)25(29)12-16-15(21(25)28)3-1-4-17(16)23-7-2-9-30-13-14-11-22-8-10-31-14/h1,3-4,14,18,22-23H,2,5-13H2,(H,24,26,27)/t14-,18?,25?/m0/s1. The number of hydroxylamine groups is 3. The van der Waals surface area contributed by atoms with Gasteiger partial charge in [-0.25, -0.2) is 4.79 Å². The Morgan fingerprint density at radius 3 is 2.94 bits per heavy atom. The van der Waals surface area contributed by atoms with E-state index in [-0.39, 0.29) is 25.5 Å². The van der Waals surface area contributed by atoms with Crippen LogP contribution in [0.3, 0.4) is 0 Å². The second-order valence-electron chi connectivity index (χ2n) is 8.11. The minimum absolute atomic E-state index is 0.0648. The van der Waals surface area contributed by atoms with Crippen molar-refractivity contribution in [3.05, 3.63) is 34.5 Å². The Balaban J connectivity index is 1.32. The molecule has 0 saturated carbocycles. The minimum atomic E-state index is -1.27. The van der Waals surface area contributed by atoms with E-state index in [4.69, 9.17) is 9.47 Å². The van der Waals surface area contributed by atoms with Crippen LogP contribution in [0.2, 0.25) is 0 Å². The van der Waals surface area contributed by atoms with Gasteiger partial charge in [-0.2, -0.15) is 0 Å². The van der Waals surface area contributed by atoms with E-state index in [1.54, 1.807) is 12.1 Å². The molecule has 0 radical (unpaired) electrons. The summed E-state index contributed by atoms with van der Waals surface area (Å²) in [6.07, 6.45) is 0.978. The number of hydrogen-bond acceptors (Lipinski definition) is 8. The van der Waals surface area contributed by atoms with Crippen LogP contribution in [0.5, 0.6) is 0 Å². The average Bonchev–Trinajstić information content (AvgIpc) is 3.03. The Labute approximate surface area is 180 Å². The van der Waals surface area contributed by atoms with Crippen molar-refractivity contribution in [2.75, 3.05) is 44.8 Å². The van der Waals surface area contributed by atoms with Gasteiger partial charge in [-0.1, -0.05) is 6.07 Å². The molecule has 1 aromatic rings. The fourth-order valence-corrected chi connectivity index (χ4v) is 4.30. The van der Waals surface area contributed by atoms with E-state index in [0.29, 0.717) is 43.2 Å². The summed E-state index contributed by atoms with van der Waals surface area (Å²) < 4.78 is 9.98. The molecule has 3 aliphatic heterocycles. The Morgan fingerprint density at radius 1 is 1.29 bits per heavy atom. The highest BCUT2D eigenvalue weighted by Crippen LogP contribution is 2.37. The second-order valence-corrected chi connectivity index (χ2v) is 8.11. The van der Waals surface area contributed by atoms with Crippen LogP contribution in [0.4, 0.5) is 5.69 Å². The summed E-state index contributed by atoms with van der Waals surface area (Å²) in [5.74, 6) is -1.71. The number of benzene rings is 1. The summed E-state index contributed by atoms with van der Waals surface area (Å²) in [5, 5.41) is 22.2. The van der Waals surface area contributed by atoms with Crippen molar-refractivity contribution in [1.82, 2.24) is 10.6 Å². The van der Waals surface area contributed by atoms with Crippen molar-refractivity contribution in [1.29, 1.82) is 0 Å². The van der Waals surface area contributed by atoms with E-state index in [1.165, 1.54) is 0 Å². The molecule has 3 amide bonds. The quantitative estimate of drug-likeness (QED) is 0.231. The first-order valence-electron chi connectivity index (χ1n) is 10.7. The Hall–Kier alpha value is -2.37. The molecule has 10 nitrogen and oxygen atoms in total. The number of anilines is 1. The van der Waals surface area contributed by atoms with Crippen molar-refractivity contribution in [3.63, 3.8) is 0 Å². The van der Waals surface area contributed by atoms with Crippen LogP contribution < -0.4 is 16.0 Å². The number of morpholine rings is 1. The van der Waals surface area contributed by atoms with E-state index in [9.17, 15) is 19.6 Å². The van der Waals surface area contributed by atoms with E-state index in [2.05, 4.69) is 16.0 Å². The Kier molecular flexibility index (Phi) is 6.63. The number of rotatable bonds is 8. The van der Waals surface area contributed by atoms with E-state index >= 15 is 0 Å². The van der Waals surface area contributed by atoms with Gasteiger partial charge >= 0.3 is 5.91 Å². The lowest BCUT2D eigenvalue weighted by molar-refractivity contribution is -0.825. The van der Waals surface area contributed by atoms with Gasteiger partial charge in [0.2, 0.25) is 5.91 Å². The molecule has 2 saturated heterocycles. The molecule has 2 fully saturated rings. The van der Waals surface area contributed by atoms with Crippen LogP contribution in [0.15, 0.2) is 18.2 Å². The van der Waals surface area contributed by atoms with Gasteiger partial charge in [-0.15, -0.1) is 0 Å². The molecule has 10 heteroatoms. The smallest absolute Gasteiger partial charge is 0.347 e. The number of imide groups is 1. The number of amides is 3. The number of fused-ring (bicyclic) bond motifs is 1. The molecule has 0 bridgehead atoms. The van der Waals surface area contributed by atoms with Crippen LogP contribution in [-0.4, -0.2) is 74.0 Å². The summed E-state index contributed by atoms with van der Waals surface area (Å²) >= 11 is 0. The molecule has 3 atom stereocenters. The maximum Gasteiger partial charge on any atom is 0.347 e.